The first-order chi connectivity index (χ1) is 9.75. The number of hydrogen-bond acceptors (Lipinski definition) is 4. The predicted molar refractivity (Wildman–Crippen MR) is 72.5 cm³/mol. The van der Waals surface area contributed by atoms with Crippen molar-refractivity contribution in [3.05, 3.63) is 53.4 Å². The molecule has 0 saturated heterocycles. The molecule has 20 heavy (non-hydrogen) atoms. The van der Waals surface area contributed by atoms with Crippen LogP contribution in [0.1, 0.15) is 34.7 Å². The maximum absolute atomic E-state index is 10.6. The van der Waals surface area contributed by atoms with Gasteiger partial charge in [-0.25, -0.2) is 4.79 Å². The molecule has 0 amide bonds. The second-order valence-electron chi connectivity index (χ2n) is 4.48. The molecule has 0 bridgehead atoms. The maximum Gasteiger partial charge on any atom is 0.358 e. The molecular formula is C15H17NO4. The molecule has 0 radical (unpaired) electrons. The fraction of sp³-hybridized carbons (Fsp3) is 0.333. The molecular weight excluding hydrogens is 258 g/mol. The van der Waals surface area contributed by atoms with Crippen LogP contribution >= 0.6 is 0 Å². The van der Waals surface area contributed by atoms with Crippen molar-refractivity contribution in [3.8, 4) is 0 Å². The van der Waals surface area contributed by atoms with Gasteiger partial charge in [0.05, 0.1) is 0 Å². The molecule has 1 aromatic heterocycles. The number of carbonyl (C=O) groups is 1. The van der Waals surface area contributed by atoms with E-state index in [9.17, 15) is 4.79 Å². The van der Waals surface area contributed by atoms with E-state index in [1.807, 2.05) is 18.2 Å². The second-order valence-corrected chi connectivity index (χ2v) is 4.48. The first-order valence-corrected chi connectivity index (χ1v) is 6.56. The lowest BCUT2D eigenvalue weighted by atomic mass is 10.1. The topological polar surface area (TPSA) is 72.6 Å². The van der Waals surface area contributed by atoms with Crippen molar-refractivity contribution >= 4 is 5.97 Å². The highest BCUT2D eigenvalue weighted by Gasteiger charge is 2.10. The first kappa shape index (κ1) is 14.3. The summed E-state index contributed by atoms with van der Waals surface area (Å²) in [5, 5.41) is 12.1. The average molecular weight is 275 g/mol. The quantitative estimate of drug-likeness (QED) is 0.750. The van der Waals surface area contributed by atoms with Gasteiger partial charge >= 0.3 is 5.97 Å². The van der Waals surface area contributed by atoms with Gasteiger partial charge in [-0.05, 0) is 24.8 Å². The molecule has 5 nitrogen and oxygen atoms in total. The highest BCUT2D eigenvalue weighted by Crippen LogP contribution is 2.07. The van der Waals surface area contributed by atoms with Gasteiger partial charge in [-0.1, -0.05) is 35.5 Å². The van der Waals surface area contributed by atoms with Crippen molar-refractivity contribution in [2.75, 3.05) is 6.61 Å². The van der Waals surface area contributed by atoms with E-state index in [1.54, 1.807) is 0 Å². The Morgan fingerprint density at radius 2 is 2.05 bits per heavy atom. The highest BCUT2D eigenvalue weighted by atomic mass is 16.5. The van der Waals surface area contributed by atoms with E-state index in [4.69, 9.17) is 14.4 Å². The van der Waals surface area contributed by atoms with Crippen LogP contribution in [-0.4, -0.2) is 22.8 Å². The molecule has 2 rings (SSSR count). The van der Waals surface area contributed by atoms with Crippen LogP contribution < -0.4 is 0 Å². The van der Waals surface area contributed by atoms with Crippen LogP contribution in [0.5, 0.6) is 0 Å². The first-order valence-electron chi connectivity index (χ1n) is 6.56. The maximum atomic E-state index is 10.6. The molecule has 0 atom stereocenters. The van der Waals surface area contributed by atoms with Crippen LogP contribution in [0.15, 0.2) is 40.9 Å². The van der Waals surface area contributed by atoms with Crippen molar-refractivity contribution in [2.24, 2.45) is 0 Å². The number of rotatable bonds is 8. The molecule has 5 heteroatoms. The zero-order valence-corrected chi connectivity index (χ0v) is 11.1. The van der Waals surface area contributed by atoms with Gasteiger partial charge in [0.1, 0.15) is 6.61 Å². The number of aromatic carboxylic acids is 1. The molecule has 106 valence electrons. The van der Waals surface area contributed by atoms with Crippen LogP contribution in [0.3, 0.4) is 0 Å². The summed E-state index contributed by atoms with van der Waals surface area (Å²) in [5.41, 5.74) is 1.24. The predicted octanol–water partition coefficient (Wildman–Crippen LogP) is 2.91. The van der Waals surface area contributed by atoms with Crippen molar-refractivity contribution in [2.45, 2.75) is 25.9 Å². The Morgan fingerprint density at radius 3 is 2.75 bits per heavy atom. The Labute approximate surface area is 117 Å². The molecule has 0 fully saturated rings. The standard InChI is InChI=1S/C15H17NO4/c17-15(18)14-10-13(20-16-14)11-19-9-5-4-8-12-6-2-1-3-7-12/h1-3,6-7,10H,4-5,8-9,11H2,(H,17,18). The van der Waals surface area contributed by atoms with Crippen LogP contribution in [0.25, 0.3) is 0 Å². The number of benzene rings is 1. The van der Waals surface area contributed by atoms with Gasteiger partial charge in [-0.2, -0.15) is 0 Å². The van der Waals surface area contributed by atoms with Gasteiger partial charge in [-0.15, -0.1) is 0 Å². The minimum absolute atomic E-state index is 0.0901. The van der Waals surface area contributed by atoms with E-state index < -0.39 is 5.97 Å². The monoisotopic (exact) mass is 275 g/mol. The van der Waals surface area contributed by atoms with Gasteiger partial charge in [0, 0.05) is 12.7 Å². The largest absolute Gasteiger partial charge is 0.476 e. The summed E-state index contributed by atoms with van der Waals surface area (Å²) in [6, 6.07) is 11.7. The molecule has 0 unspecified atom stereocenters. The molecule has 0 aliphatic rings. The van der Waals surface area contributed by atoms with Crippen LogP contribution in [0, 0.1) is 0 Å². The SMILES string of the molecule is O=C(O)c1cc(COCCCCc2ccccc2)on1. The van der Waals surface area contributed by atoms with Crippen molar-refractivity contribution in [3.63, 3.8) is 0 Å². The third-order valence-corrected chi connectivity index (χ3v) is 2.87. The summed E-state index contributed by atoms with van der Waals surface area (Å²) in [4.78, 5) is 10.6. The van der Waals surface area contributed by atoms with E-state index >= 15 is 0 Å². The smallest absolute Gasteiger partial charge is 0.358 e. The third-order valence-electron chi connectivity index (χ3n) is 2.87. The van der Waals surface area contributed by atoms with Crippen molar-refractivity contribution in [1.82, 2.24) is 5.16 Å². The number of nitrogens with zero attached hydrogens (tertiary/aromatic N) is 1. The number of carboxylic acids is 1. The summed E-state index contributed by atoms with van der Waals surface area (Å²) < 4.78 is 10.3. The van der Waals surface area contributed by atoms with E-state index in [0.717, 1.165) is 19.3 Å². The van der Waals surface area contributed by atoms with Gasteiger partial charge in [0.15, 0.2) is 11.5 Å². The third kappa shape index (κ3) is 4.51. The Hall–Kier alpha value is -2.14. The Kier molecular flexibility index (Phi) is 5.32. The van der Waals surface area contributed by atoms with Crippen LogP contribution in [0.4, 0.5) is 0 Å². The number of aromatic nitrogens is 1. The minimum Gasteiger partial charge on any atom is -0.476 e. The normalized spacial score (nSPS) is 10.6. The highest BCUT2D eigenvalue weighted by molar-refractivity contribution is 5.85. The van der Waals surface area contributed by atoms with Crippen molar-refractivity contribution in [1.29, 1.82) is 0 Å². The molecule has 1 aromatic carbocycles. The van der Waals surface area contributed by atoms with Gasteiger partial charge in [0.2, 0.25) is 0 Å². The van der Waals surface area contributed by atoms with Crippen LogP contribution in [0.2, 0.25) is 0 Å². The average Bonchev–Trinajstić information content (AvgIpc) is 2.93. The second kappa shape index (κ2) is 7.45. The number of hydrogen-bond donors (Lipinski definition) is 1. The zero-order valence-electron chi connectivity index (χ0n) is 11.1. The molecule has 1 heterocycles. The van der Waals surface area contributed by atoms with E-state index in [0.29, 0.717) is 12.4 Å². The Balaban J connectivity index is 1.58. The number of ether oxygens (including phenoxy) is 1. The van der Waals surface area contributed by atoms with E-state index in [1.165, 1.54) is 11.6 Å². The molecule has 1 N–H and O–H groups in total. The fourth-order valence-electron chi connectivity index (χ4n) is 1.83. The fourth-order valence-corrected chi connectivity index (χ4v) is 1.83. The van der Waals surface area contributed by atoms with E-state index in [-0.39, 0.29) is 12.3 Å². The molecule has 2 aromatic rings. The van der Waals surface area contributed by atoms with Gasteiger partial charge in [-0.3, -0.25) is 0 Å². The number of carboxylic acid groups (broad SMARTS) is 1. The molecule has 0 aliphatic carbocycles. The summed E-state index contributed by atoms with van der Waals surface area (Å²) >= 11 is 0. The Bertz CT molecular complexity index is 536. The summed E-state index contributed by atoms with van der Waals surface area (Å²) in [5.74, 6) is -0.659. The lowest BCUT2D eigenvalue weighted by Gasteiger charge is -2.02. The van der Waals surface area contributed by atoms with E-state index in [2.05, 4.69) is 17.3 Å². The van der Waals surface area contributed by atoms with Crippen molar-refractivity contribution < 1.29 is 19.2 Å². The zero-order chi connectivity index (χ0) is 14.2. The number of unbranched alkanes of at least 4 members (excludes halogenated alkanes) is 1. The van der Waals surface area contributed by atoms with Gasteiger partial charge in [0.25, 0.3) is 0 Å². The molecule has 0 spiro atoms. The molecule has 0 aliphatic heterocycles. The summed E-state index contributed by atoms with van der Waals surface area (Å²) in [6.07, 6.45) is 3.05. The van der Waals surface area contributed by atoms with Gasteiger partial charge < -0.3 is 14.4 Å². The minimum atomic E-state index is -1.09. The molecule has 0 saturated carbocycles. The summed E-state index contributed by atoms with van der Waals surface area (Å²) in [6.45, 7) is 0.877. The lowest BCUT2D eigenvalue weighted by Crippen LogP contribution is -1.96. The van der Waals surface area contributed by atoms with Crippen LogP contribution in [-0.2, 0) is 17.8 Å². The summed E-state index contributed by atoms with van der Waals surface area (Å²) in [7, 11) is 0. The lowest BCUT2D eigenvalue weighted by molar-refractivity contribution is 0.0684. The Morgan fingerprint density at radius 1 is 1.25 bits per heavy atom. The number of aryl methyl sites for hydroxylation is 1.